The second-order valence-electron chi connectivity index (χ2n) is 7.06. The molecule has 0 saturated heterocycles. The third kappa shape index (κ3) is 4.54. The molecule has 0 saturated carbocycles. The fraction of sp³-hybridized carbons (Fsp3) is 0.238. The van der Waals surface area contributed by atoms with Crippen molar-refractivity contribution in [1.29, 1.82) is 0 Å². The summed E-state index contributed by atoms with van der Waals surface area (Å²) in [6, 6.07) is 10.0. The zero-order valence-corrected chi connectivity index (χ0v) is 17.9. The van der Waals surface area contributed by atoms with Crippen LogP contribution in [0, 0.1) is 6.92 Å². The van der Waals surface area contributed by atoms with Crippen LogP contribution in [0.25, 0.3) is 0 Å². The molecule has 2 N–H and O–H groups in total. The van der Waals surface area contributed by atoms with E-state index < -0.39 is 11.3 Å². The van der Waals surface area contributed by atoms with Gasteiger partial charge in [0.1, 0.15) is 13.2 Å². The van der Waals surface area contributed by atoms with Crippen LogP contribution in [0.1, 0.15) is 21.5 Å². The lowest BCUT2D eigenvalue weighted by molar-refractivity contribution is 0.0951. The number of amides is 1. The Bertz CT molecular complexity index is 1150. The van der Waals surface area contributed by atoms with Crippen LogP contribution in [0.3, 0.4) is 0 Å². The largest absolute Gasteiger partial charge is 0.486 e. The number of fused-ring (bicyclic) bond motifs is 1. The number of carbonyl (C=O) groups is 1. The van der Waals surface area contributed by atoms with Crippen LogP contribution in [0.15, 0.2) is 48.8 Å². The zero-order valence-electron chi connectivity index (χ0n) is 17.1. The number of rotatable bonds is 6. The number of nitrogens with one attached hydrogen (secondary N) is 1. The molecule has 162 valence electrons. The smallest absolute Gasteiger partial charge is 0.266 e. The third-order valence-electron chi connectivity index (χ3n) is 4.82. The SMILES string of the molecule is Cc1ccc(C(=O)NCc2cnn(C)c2)cc1N(c1ccc2c(c1)OCCO2)S(=O)O. The molecule has 9 nitrogen and oxygen atoms in total. The van der Waals surface area contributed by atoms with E-state index in [0.29, 0.717) is 48.2 Å². The molecule has 31 heavy (non-hydrogen) atoms. The fourth-order valence-corrected chi connectivity index (χ4v) is 3.95. The van der Waals surface area contributed by atoms with E-state index in [2.05, 4.69) is 10.4 Å². The van der Waals surface area contributed by atoms with Crippen LogP contribution in [0.2, 0.25) is 0 Å². The number of hydrogen-bond donors (Lipinski definition) is 2. The van der Waals surface area contributed by atoms with Gasteiger partial charge in [-0.05, 0) is 36.8 Å². The molecule has 10 heteroatoms. The number of anilines is 2. The van der Waals surface area contributed by atoms with Gasteiger partial charge in [0.25, 0.3) is 17.2 Å². The second kappa shape index (κ2) is 8.78. The van der Waals surface area contributed by atoms with Gasteiger partial charge in [0, 0.05) is 37.0 Å². The van der Waals surface area contributed by atoms with Crippen molar-refractivity contribution >= 4 is 28.5 Å². The van der Waals surface area contributed by atoms with Gasteiger partial charge >= 0.3 is 0 Å². The van der Waals surface area contributed by atoms with Crippen molar-refractivity contribution in [2.75, 3.05) is 17.5 Å². The Balaban J connectivity index is 1.62. The summed E-state index contributed by atoms with van der Waals surface area (Å²) in [6.07, 6.45) is 3.50. The average Bonchev–Trinajstić information content (AvgIpc) is 3.18. The number of carbonyl (C=O) groups excluding carboxylic acids is 1. The Labute approximate surface area is 182 Å². The number of aryl methyl sites for hydroxylation is 2. The maximum Gasteiger partial charge on any atom is 0.266 e. The zero-order chi connectivity index (χ0) is 22.0. The summed E-state index contributed by atoms with van der Waals surface area (Å²) in [4.78, 5) is 12.7. The van der Waals surface area contributed by atoms with Gasteiger partial charge in [0.2, 0.25) is 0 Å². The predicted octanol–water partition coefficient (Wildman–Crippen LogP) is 2.70. The number of hydrogen-bond acceptors (Lipinski definition) is 5. The van der Waals surface area contributed by atoms with Crippen LogP contribution in [0.5, 0.6) is 11.5 Å². The lowest BCUT2D eigenvalue weighted by Gasteiger charge is -2.25. The Morgan fingerprint density at radius 1 is 1.23 bits per heavy atom. The molecule has 0 aliphatic carbocycles. The molecule has 3 aromatic rings. The van der Waals surface area contributed by atoms with Gasteiger partial charge in [0.05, 0.1) is 17.6 Å². The highest BCUT2D eigenvalue weighted by Crippen LogP contribution is 2.38. The minimum atomic E-state index is -2.37. The highest BCUT2D eigenvalue weighted by molar-refractivity contribution is 7.81. The predicted molar refractivity (Wildman–Crippen MR) is 116 cm³/mol. The Hall–Kier alpha value is -3.37. The van der Waals surface area contributed by atoms with E-state index in [1.54, 1.807) is 54.3 Å². The average molecular weight is 442 g/mol. The standard InChI is InChI=1S/C21H22N4O5S/c1-14-3-4-16(21(26)22-11-15-12-23-24(2)13-15)9-18(14)25(31(27)28)17-5-6-19-20(10-17)30-8-7-29-19/h3-6,9-10,12-13H,7-8,11H2,1-2H3,(H,22,26)(H,27,28). The first kappa shape index (κ1) is 20.9. The van der Waals surface area contributed by atoms with Crippen molar-refractivity contribution in [3.8, 4) is 11.5 Å². The van der Waals surface area contributed by atoms with Gasteiger partial charge in [-0.15, -0.1) is 0 Å². The normalized spacial score (nSPS) is 13.5. The van der Waals surface area contributed by atoms with Crippen LogP contribution in [0.4, 0.5) is 11.4 Å². The Morgan fingerprint density at radius 2 is 2.00 bits per heavy atom. The quantitative estimate of drug-likeness (QED) is 0.569. The van der Waals surface area contributed by atoms with Gasteiger partial charge in [-0.25, -0.2) is 8.51 Å². The highest BCUT2D eigenvalue weighted by atomic mass is 32.2. The van der Waals surface area contributed by atoms with Crippen molar-refractivity contribution in [2.45, 2.75) is 13.5 Å². The van der Waals surface area contributed by atoms with E-state index in [1.165, 1.54) is 4.31 Å². The minimum Gasteiger partial charge on any atom is -0.486 e. The van der Waals surface area contributed by atoms with E-state index in [9.17, 15) is 13.6 Å². The van der Waals surface area contributed by atoms with Crippen molar-refractivity contribution in [1.82, 2.24) is 15.1 Å². The molecule has 1 aliphatic heterocycles. The van der Waals surface area contributed by atoms with E-state index in [4.69, 9.17) is 9.47 Å². The molecule has 1 aromatic heterocycles. The first-order chi connectivity index (χ1) is 14.9. The van der Waals surface area contributed by atoms with Crippen LogP contribution >= 0.6 is 0 Å². The maximum absolute atomic E-state index is 12.7. The summed E-state index contributed by atoms with van der Waals surface area (Å²) >= 11 is -2.37. The van der Waals surface area contributed by atoms with E-state index in [-0.39, 0.29) is 5.91 Å². The molecule has 0 bridgehead atoms. The molecular formula is C21H22N4O5S. The highest BCUT2D eigenvalue weighted by Gasteiger charge is 2.22. The monoisotopic (exact) mass is 442 g/mol. The van der Waals surface area contributed by atoms with Crippen molar-refractivity contribution in [2.24, 2.45) is 7.05 Å². The molecule has 1 unspecified atom stereocenters. The summed E-state index contributed by atoms with van der Waals surface area (Å²) in [6.45, 7) is 3.00. The molecule has 1 amide bonds. The summed E-state index contributed by atoms with van der Waals surface area (Å²) < 4.78 is 36.3. The maximum atomic E-state index is 12.7. The summed E-state index contributed by atoms with van der Waals surface area (Å²) in [5.41, 5.74) is 2.86. The van der Waals surface area contributed by atoms with Gasteiger partial charge in [-0.1, -0.05) is 6.07 Å². The van der Waals surface area contributed by atoms with Gasteiger partial charge in [-0.2, -0.15) is 5.10 Å². The van der Waals surface area contributed by atoms with Crippen molar-refractivity contribution in [3.05, 3.63) is 65.5 Å². The first-order valence-corrected chi connectivity index (χ1v) is 10.7. The summed E-state index contributed by atoms with van der Waals surface area (Å²) in [5.74, 6) is 0.789. The lowest BCUT2D eigenvalue weighted by atomic mass is 10.1. The molecule has 2 aromatic carbocycles. The van der Waals surface area contributed by atoms with Crippen LogP contribution in [-0.4, -0.2) is 37.7 Å². The molecular weight excluding hydrogens is 420 g/mol. The molecule has 0 fully saturated rings. The minimum absolute atomic E-state index is 0.295. The number of nitrogens with zero attached hydrogens (tertiary/aromatic N) is 3. The molecule has 4 rings (SSSR count). The molecule has 1 atom stereocenters. The number of aromatic nitrogens is 2. The van der Waals surface area contributed by atoms with Gasteiger partial charge in [0.15, 0.2) is 11.5 Å². The van der Waals surface area contributed by atoms with Crippen molar-refractivity contribution in [3.63, 3.8) is 0 Å². The lowest BCUT2D eigenvalue weighted by Crippen LogP contribution is -2.24. The van der Waals surface area contributed by atoms with Crippen molar-refractivity contribution < 1.29 is 23.0 Å². The first-order valence-electron chi connectivity index (χ1n) is 9.59. The van der Waals surface area contributed by atoms with Gasteiger partial charge in [-0.3, -0.25) is 14.0 Å². The van der Waals surface area contributed by atoms with E-state index >= 15 is 0 Å². The van der Waals surface area contributed by atoms with Crippen LogP contribution in [-0.2, 0) is 24.9 Å². The summed E-state index contributed by atoms with van der Waals surface area (Å²) in [7, 11) is 1.80. The molecule has 0 spiro atoms. The summed E-state index contributed by atoms with van der Waals surface area (Å²) in [5, 5.41) is 6.92. The number of ether oxygens (including phenoxy) is 2. The second-order valence-corrected chi connectivity index (χ2v) is 7.89. The topological polar surface area (TPSA) is 106 Å². The number of benzene rings is 2. The van der Waals surface area contributed by atoms with E-state index in [0.717, 1.165) is 11.1 Å². The van der Waals surface area contributed by atoms with Gasteiger partial charge < -0.3 is 14.8 Å². The molecule has 1 aliphatic rings. The fourth-order valence-electron chi connectivity index (χ4n) is 3.29. The molecule has 0 radical (unpaired) electrons. The Kier molecular flexibility index (Phi) is 5.92. The third-order valence-corrected chi connectivity index (χ3v) is 5.54. The molecule has 2 heterocycles. The van der Waals surface area contributed by atoms with E-state index in [1.807, 2.05) is 13.1 Å². The Morgan fingerprint density at radius 3 is 2.71 bits per heavy atom. The van der Waals surface area contributed by atoms with Crippen LogP contribution < -0.4 is 19.1 Å².